The Hall–Kier alpha value is -2.54. The fourth-order valence-corrected chi connectivity index (χ4v) is 3.99. The van der Waals surface area contributed by atoms with Crippen molar-refractivity contribution in [3.8, 4) is 11.5 Å². The highest BCUT2D eigenvalue weighted by molar-refractivity contribution is 5.73. The number of carboxylic acids is 1. The van der Waals surface area contributed by atoms with Crippen molar-refractivity contribution in [2.75, 3.05) is 20.4 Å². The highest BCUT2D eigenvalue weighted by Crippen LogP contribution is 2.42. The molecule has 1 aromatic carbocycles. The molecular weight excluding hydrogens is 322 g/mol. The smallest absolute Gasteiger partial charge is 0.308 e. The summed E-state index contributed by atoms with van der Waals surface area (Å²) in [5.41, 5.74) is 0.991. The number of ether oxygens (including phenoxy) is 2. The molecule has 2 aromatic rings. The zero-order valence-corrected chi connectivity index (χ0v) is 14.0. The Balaban J connectivity index is 1.56. The molecule has 1 fully saturated rings. The molecule has 2 aliphatic heterocycles. The van der Waals surface area contributed by atoms with Crippen LogP contribution in [0.4, 0.5) is 0 Å². The van der Waals surface area contributed by atoms with E-state index in [1.807, 2.05) is 42.2 Å². The molecule has 3 heterocycles. The summed E-state index contributed by atoms with van der Waals surface area (Å²) in [5.74, 6) is 0.138. The van der Waals surface area contributed by atoms with Gasteiger partial charge in [-0.15, -0.1) is 0 Å². The van der Waals surface area contributed by atoms with Crippen LogP contribution in [0, 0.1) is 5.92 Å². The van der Waals surface area contributed by atoms with Crippen molar-refractivity contribution < 1.29 is 19.4 Å². The van der Waals surface area contributed by atoms with Crippen LogP contribution in [0.1, 0.15) is 17.9 Å². The number of carbonyl (C=O) groups is 1. The van der Waals surface area contributed by atoms with Crippen LogP contribution in [0.2, 0.25) is 0 Å². The van der Waals surface area contributed by atoms with Crippen LogP contribution >= 0.6 is 0 Å². The number of rotatable bonds is 5. The summed E-state index contributed by atoms with van der Waals surface area (Å²) >= 11 is 0. The number of fused-ring (bicyclic) bond motifs is 1. The Morgan fingerprint density at radius 1 is 1.36 bits per heavy atom. The molecule has 7 heteroatoms. The van der Waals surface area contributed by atoms with Gasteiger partial charge in [-0.3, -0.25) is 9.48 Å². The minimum Gasteiger partial charge on any atom is -0.481 e. The van der Waals surface area contributed by atoms with Crippen LogP contribution in [-0.4, -0.2) is 52.2 Å². The van der Waals surface area contributed by atoms with Gasteiger partial charge in [0.1, 0.15) is 0 Å². The fourth-order valence-electron chi connectivity index (χ4n) is 3.99. The number of aryl methyl sites for hydroxylation is 1. The molecule has 3 atom stereocenters. The number of likely N-dealkylation sites (tertiary alicyclic amines) is 1. The van der Waals surface area contributed by atoms with E-state index in [1.54, 1.807) is 6.20 Å². The second-order valence-electron chi connectivity index (χ2n) is 6.65. The monoisotopic (exact) mass is 343 g/mol. The van der Waals surface area contributed by atoms with Crippen LogP contribution in [0.15, 0.2) is 36.7 Å². The molecule has 132 valence electrons. The van der Waals surface area contributed by atoms with Crippen LogP contribution in [0.25, 0.3) is 0 Å². The minimum atomic E-state index is -0.752. The number of carboxylic acid groups (broad SMARTS) is 1. The lowest BCUT2D eigenvalue weighted by Gasteiger charge is -2.23. The fraction of sp³-hybridized carbons (Fsp3) is 0.444. The van der Waals surface area contributed by atoms with Crippen molar-refractivity contribution in [2.45, 2.75) is 24.9 Å². The van der Waals surface area contributed by atoms with Crippen molar-refractivity contribution in [2.24, 2.45) is 5.92 Å². The van der Waals surface area contributed by atoms with E-state index in [1.165, 1.54) is 0 Å². The maximum atomic E-state index is 12.0. The number of benzene rings is 1. The first kappa shape index (κ1) is 16.0. The molecule has 7 nitrogen and oxygen atoms in total. The Morgan fingerprint density at radius 2 is 2.20 bits per heavy atom. The zero-order chi connectivity index (χ0) is 17.4. The predicted molar refractivity (Wildman–Crippen MR) is 89.7 cm³/mol. The average Bonchev–Trinajstić information content (AvgIpc) is 3.32. The molecule has 0 bridgehead atoms. The predicted octanol–water partition coefficient (Wildman–Crippen LogP) is 1.80. The largest absolute Gasteiger partial charge is 0.481 e. The lowest BCUT2D eigenvalue weighted by Crippen LogP contribution is -2.34. The van der Waals surface area contributed by atoms with Gasteiger partial charge in [0.05, 0.1) is 5.92 Å². The van der Waals surface area contributed by atoms with Crippen LogP contribution in [-0.2, 0) is 11.3 Å². The molecule has 2 aliphatic rings. The molecule has 1 N–H and O–H groups in total. The maximum Gasteiger partial charge on any atom is 0.308 e. The van der Waals surface area contributed by atoms with Gasteiger partial charge in [-0.2, -0.15) is 5.10 Å². The van der Waals surface area contributed by atoms with Gasteiger partial charge >= 0.3 is 5.97 Å². The van der Waals surface area contributed by atoms with Crippen molar-refractivity contribution in [3.05, 3.63) is 42.2 Å². The van der Waals surface area contributed by atoms with E-state index in [9.17, 15) is 9.90 Å². The van der Waals surface area contributed by atoms with E-state index in [-0.39, 0.29) is 18.8 Å². The highest BCUT2D eigenvalue weighted by atomic mass is 16.7. The highest BCUT2D eigenvalue weighted by Gasteiger charge is 2.45. The van der Waals surface area contributed by atoms with Crippen molar-refractivity contribution in [1.29, 1.82) is 0 Å². The van der Waals surface area contributed by atoms with Crippen LogP contribution in [0.5, 0.6) is 11.5 Å². The molecule has 1 aromatic heterocycles. The van der Waals surface area contributed by atoms with Gasteiger partial charge in [0, 0.05) is 37.4 Å². The lowest BCUT2D eigenvalue weighted by molar-refractivity contribution is -0.143. The Kier molecular flexibility index (Phi) is 4.09. The number of nitrogens with zero attached hydrogens (tertiary/aromatic N) is 3. The summed E-state index contributed by atoms with van der Waals surface area (Å²) in [7, 11) is 2.00. The molecule has 1 saturated heterocycles. The van der Waals surface area contributed by atoms with Gasteiger partial charge in [0.15, 0.2) is 11.5 Å². The molecule has 0 amide bonds. The number of hydrogen-bond donors (Lipinski definition) is 1. The van der Waals surface area contributed by atoms with E-state index in [4.69, 9.17) is 9.47 Å². The molecule has 25 heavy (non-hydrogen) atoms. The van der Waals surface area contributed by atoms with Crippen LogP contribution < -0.4 is 9.47 Å². The Morgan fingerprint density at radius 3 is 2.96 bits per heavy atom. The number of likely N-dealkylation sites (N-methyl/N-ethyl adjacent to an activating group) is 1. The Bertz CT molecular complexity index is 762. The van der Waals surface area contributed by atoms with Gasteiger partial charge in [-0.1, -0.05) is 6.07 Å². The average molecular weight is 343 g/mol. The second-order valence-corrected chi connectivity index (χ2v) is 6.65. The van der Waals surface area contributed by atoms with Crippen molar-refractivity contribution in [1.82, 2.24) is 14.7 Å². The molecule has 0 aliphatic carbocycles. The summed E-state index contributed by atoms with van der Waals surface area (Å²) < 4.78 is 12.7. The molecule has 0 radical (unpaired) electrons. The second kappa shape index (κ2) is 6.40. The van der Waals surface area contributed by atoms with E-state index < -0.39 is 11.9 Å². The first-order valence-corrected chi connectivity index (χ1v) is 8.43. The first-order valence-electron chi connectivity index (χ1n) is 8.43. The molecule has 0 saturated carbocycles. The van der Waals surface area contributed by atoms with Gasteiger partial charge in [0.25, 0.3) is 0 Å². The Labute approximate surface area is 145 Å². The number of aromatic nitrogens is 2. The third-order valence-electron chi connectivity index (χ3n) is 5.22. The SMILES string of the molecule is CN1CC(c2ccc3c(c2)OCO3)C(C(=O)O)C1CCn1cccn1. The summed E-state index contributed by atoms with van der Waals surface area (Å²) in [6.45, 7) is 1.64. The maximum absolute atomic E-state index is 12.0. The van der Waals surface area contributed by atoms with Gasteiger partial charge < -0.3 is 19.5 Å². The quantitative estimate of drug-likeness (QED) is 0.892. The van der Waals surface area contributed by atoms with Crippen molar-refractivity contribution >= 4 is 5.97 Å². The standard InChI is InChI=1S/C18H21N3O4/c1-20-10-13(12-3-4-15-16(9-12)25-11-24-15)17(18(22)23)14(20)5-8-21-7-2-6-19-21/h2-4,6-7,9,13-14,17H,5,8,10-11H2,1H3,(H,22,23). The van der Waals surface area contributed by atoms with Gasteiger partial charge in [-0.05, 0) is 37.2 Å². The van der Waals surface area contributed by atoms with E-state index in [0.717, 1.165) is 17.7 Å². The lowest BCUT2D eigenvalue weighted by atomic mass is 9.84. The summed E-state index contributed by atoms with van der Waals surface area (Å²) in [6, 6.07) is 7.60. The molecule has 3 unspecified atom stereocenters. The van der Waals surface area contributed by atoms with E-state index in [0.29, 0.717) is 18.8 Å². The summed E-state index contributed by atoms with van der Waals surface area (Å²) in [4.78, 5) is 14.2. The summed E-state index contributed by atoms with van der Waals surface area (Å²) in [6.07, 6.45) is 4.39. The summed E-state index contributed by atoms with van der Waals surface area (Å²) in [5, 5.41) is 14.1. The van der Waals surface area contributed by atoms with E-state index in [2.05, 4.69) is 10.00 Å². The van der Waals surface area contributed by atoms with Crippen LogP contribution in [0.3, 0.4) is 0 Å². The first-order chi connectivity index (χ1) is 12.1. The normalized spacial score (nSPS) is 25.4. The molecule has 4 rings (SSSR count). The molecular formula is C18H21N3O4. The van der Waals surface area contributed by atoms with Crippen molar-refractivity contribution in [3.63, 3.8) is 0 Å². The number of aliphatic carboxylic acids is 1. The third-order valence-corrected chi connectivity index (χ3v) is 5.22. The minimum absolute atomic E-state index is 0.0304. The third kappa shape index (κ3) is 2.95. The number of hydrogen-bond acceptors (Lipinski definition) is 5. The zero-order valence-electron chi connectivity index (χ0n) is 14.0. The molecule has 0 spiro atoms. The van der Waals surface area contributed by atoms with E-state index >= 15 is 0 Å². The van der Waals surface area contributed by atoms with Gasteiger partial charge in [0.2, 0.25) is 6.79 Å². The van der Waals surface area contributed by atoms with Gasteiger partial charge in [-0.25, -0.2) is 0 Å². The topological polar surface area (TPSA) is 76.8 Å².